The standard InChI is InChI=1S/C23H30BrN3O4Si/c1-5-31-22(29)17-8-15-10-23(11-19(15)26-21(17)28)13-27(14-30-6-7-32(2,3)4)20-18(23)9-16(24)12-25-20/h8-9,12H,5-7,10-11,13-14H2,1-4H3,(H,26,28)/t23-/m1/s1. The molecule has 2 aliphatic rings. The molecule has 32 heavy (non-hydrogen) atoms. The fourth-order valence-electron chi connectivity index (χ4n) is 4.61. The molecule has 4 rings (SSSR count). The molecule has 2 aromatic heterocycles. The van der Waals surface area contributed by atoms with Crippen LogP contribution in [0.15, 0.2) is 27.6 Å². The van der Waals surface area contributed by atoms with E-state index in [1.54, 1.807) is 13.0 Å². The van der Waals surface area contributed by atoms with Crippen LogP contribution in [0.25, 0.3) is 0 Å². The van der Waals surface area contributed by atoms with Crippen molar-refractivity contribution in [1.29, 1.82) is 0 Å². The van der Waals surface area contributed by atoms with E-state index >= 15 is 0 Å². The number of anilines is 1. The van der Waals surface area contributed by atoms with E-state index in [9.17, 15) is 9.59 Å². The van der Waals surface area contributed by atoms with Gasteiger partial charge in [-0.05, 0) is 59.4 Å². The number of H-pyrrole nitrogens is 1. The number of nitrogens with one attached hydrogen (secondary N) is 1. The quantitative estimate of drug-likeness (QED) is 0.339. The first-order valence-corrected chi connectivity index (χ1v) is 15.5. The van der Waals surface area contributed by atoms with Crippen molar-refractivity contribution in [3.63, 3.8) is 0 Å². The SMILES string of the molecule is CCOC(=O)c1cc2c([nH]c1=O)C[C@]1(C2)CN(COCC[Si](C)(C)C)c2ncc(Br)cc21. The van der Waals surface area contributed by atoms with Crippen LogP contribution in [0.2, 0.25) is 25.7 Å². The number of aromatic nitrogens is 2. The molecule has 0 bridgehead atoms. The lowest BCUT2D eigenvalue weighted by molar-refractivity contribution is 0.0524. The van der Waals surface area contributed by atoms with Crippen LogP contribution in [-0.4, -0.2) is 50.5 Å². The van der Waals surface area contributed by atoms with Crippen LogP contribution in [0.5, 0.6) is 0 Å². The second-order valence-electron chi connectivity index (χ2n) is 9.94. The Bertz CT molecular complexity index is 1100. The van der Waals surface area contributed by atoms with Crippen molar-refractivity contribution in [2.75, 3.05) is 31.4 Å². The summed E-state index contributed by atoms with van der Waals surface area (Å²) in [5, 5.41) is 0. The van der Waals surface area contributed by atoms with Crippen LogP contribution in [-0.2, 0) is 27.7 Å². The smallest absolute Gasteiger partial charge is 0.343 e. The summed E-state index contributed by atoms with van der Waals surface area (Å²) in [5.41, 5.74) is 2.48. The largest absolute Gasteiger partial charge is 0.462 e. The monoisotopic (exact) mass is 519 g/mol. The number of nitrogens with zero attached hydrogens (tertiary/aromatic N) is 2. The third-order valence-electron chi connectivity index (χ3n) is 6.20. The number of rotatable bonds is 7. The van der Waals surface area contributed by atoms with E-state index in [1.165, 1.54) is 0 Å². The number of hydrogen-bond acceptors (Lipinski definition) is 6. The van der Waals surface area contributed by atoms with Crippen molar-refractivity contribution in [3.8, 4) is 0 Å². The zero-order chi connectivity index (χ0) is 23.1. The molecule has 172 valence electrons. The Morgan fingerprint density at radius 1 is 1.31 bits per heavy atom. The fourth-order valence-corrected chi connectivity index (χ4v) is 5.70. The van der Waals surface area contributed by atoms with Gasteiger partial charge in [0.2, 0.25) is 0 Å². The number of carbonyl (C=O) groups is 1. The number of ether oxygens (including phenoxy) is 2. The van der Waals surface area contributed by atoms with E-state index in [4.69, 9.17) is 14.5 Å². The highest BCUT2D eigenvalue weighted by Gasteiger charge is 2.48. The average Bonchev–Trinajstić information content (AvgIpc) is 3.20. The van der Waals surface area contributed by atoms with Crippen molar-refractivity contribution in [1.82, 2.24) is 9.97 Å². The summed E-state index contributed by atoms with van der Waals surface area (Å²) < 4.78 is 12.0. The minimum atomic E-state index is -1.15. The van der Waals surface area contributed by atoms with E-state index in [0.717, 1.165) is 52.7 Å². The molecule has 0 fully saturated rings. The molecule has 0 aromatic carbocycles. The minimum Gasteiger partial charge on any atom is -0.462 e. The Morgan fingerprint density at radius 3 is 2.81 bits per heavy atom. The molecular formula is C23H30BrN3O4Si. The molecule has 1 aliphatic heterocycles. The Labute approximate surface area is 197 Å². The highest BCUT2D eigenvalue weighted by atomic mass is 79.9. The Morgan fingerprint density at radius 2 is 2.09 bits per heavy atom. The maximum atomic E-state index is 12.5. The maximum Gasteiger partial charge on any atom is 0.343 e. The van der Waals surface area contributed by atoms with Gasteiger partial charge in [-0.15, -0.1) is 0 Å². The lowest BCUT2D eigenvalue weighted by Crippen LogP contribution is -2.36. The van der Waals surface area contributed by atoms with Crippen molar-refractivity contribution in [2.45, 2.75) is 50.9 Å². The summed E-state index contributed by atoms with van der Waals surface area (Å²) in [5.74, 6) is 0.355. The first kappa shape index (κ1) is 23.2. The van der Waals surface area contributed by atoms with E-state index in [1.807, 2.05) is 6.20 Å². The number of hydrogen-bond donors (Lipinski definition) is 1. The van der Waals surface area contributed by atoms with Gasteiger partial charge >= 0.3 is 5.97 Å². The third-order valence-corrected chi connectivity index (χ3v) is 8.33. The molecule has 3 heterocycles. The Kier molecular flexibility index (Phi) is 6.35. The van der Waals surface area contributed by atoms with E-state index in [2.05, 4.69) is 51.5 Å². The summed E-state index contributed by atoms with van der Waals surface area (Å²) in [7, 11) is -1.15. The molecule has 0 radical (unpaired) electrons. The van der Waals surface area contributed by atoms with Crippen LogP contribution in [0.3, 0.4) is 0 Å². The van der Waals surface area contributed by atoms with Crippen molar-refractivity contribution < 1.29 is 14.3 Å². The molecule has 0 amide bonds. The second kappa shape index (κ2) is 8.76. The number of halogens is 1. The number of carbonyl (C=O) groups excluding carboxylic acids is 1. The predicted molar refractivity (Wildman–Crippen MR) is 130 cm³/mol. The van der Waals surface area contributed by atoms with Gasteiger partial charge in [-0.25, -0.2) is 9.78 Å². The third kappa shape index (κ3) is 4.56. The predicted octanol–water partition coefficient (Wildman–Crippen LogP) is 3.88. The molecule has 1 spiro atoms. The van der Waals surface area contributed by atoms with E-state index < -0.39 is 19.6 Å². The number of fused-ring (bicyclic) bond motifs is 3. The number of esters is 1. The summed E-state index contributed by atoms with van der Waals surface area (Å²) in [4.78, 5) is 34.6. The first-order valence-electron chi connectivity index (χ1n) is 11.0. The van der Waals surface area contributed by atoms with Gasteiger partial charge in [0.25, 0.3) is 5.56 Å². The van der Waals surface area contributed by atoms with Gasteiger partial charge in [0, 0.05) is 48.6 Å². The number of pyridine rings is 2. The van der Waals surface area contributed by atoms with Gasteiger partial charge in [-0.2, -0.15) is 0 Å². The maximum absolute atomic E-state index is 12.5. The van der Waals surface area contributed by atoms with Crippen molar-refractivity contribution in [2.24, 2.45) is 0 Å². The van der Waals surface area contributed by atoms with Crippen LogP contribution in [0.1, 0.15) is 34.1 Å². The summed E-state index contributed by atoms with van der Waals surface area (Å²) in [6.45, 7) is 11.0. The molecule has 1 aliphatic carbocycles. The summed E-state index contributed by atoms with van der Waals surface area (Å²) in [6.07, 6.45) is 3.23. The first-order chi connectivity index (χ1) is 15.1. The topological polar surface area (TPSA) is 84.5 Å². The molecular weight excluding hydrogens is 490 g/mol. The summed E-state index contributed by atoms with van der Waals surface area (Å²) >= 11 is 3.57. The van der Waals surface area contributed by atoms with Crippen molar-refractivity contribution >= 4 is 35.8 Å². The van der Waals surface area contributed by atoms with Crippen LogP contribution in [0.4, 0.5) is 5.82 Å². The van der Waals surface area contributed by atoms with E-state index in [-0.39, 0.29) is 17.6 Å². The molecule has 9 heteroatoms. The minimum absolute atomic E-state index is 0.0692. The molecule has 0 saturated carbocycles. The summed E-state index contributed by atoms with van der Waals surface area (Å²) in [6, 6.07) is 4.95. The molecule has 2 aromatic rings. The van der Waals surface area contributed by atoms with Crippen molar-refractivity contribution in [3.05, 3.63) is 55.5 Å². The van der Waals surface area contributed by atoms with Crippen LogP contribution >= 0.6 is 15.9 Å². The average molecular weight is 521 g/mol. The second-order valence-corrected chi connectivity index (χ2v) is 16.5. The highest BCUT2D eigenvalue weighted by molar-refractivity contribution is 9.10. The highest BCUT2D eigenvalue weighted by Crippen LogP contribution is 2.48. The van der Waals surface area contributed by atoms with Gasteiger partial charge in [0.15, 0.2) is 0 Å². The lowest BCUT2D eigenvalue weighted by Gasteiger charge is -2.25. The zero-order valence-electron chi connectivity index (χ0n) is 19.1. The Hall–Kier alpha value is -1.97. The fraction of sp³-hybridized carbons (Fsp3) is 0.522. The molecule has 0 unspecified atom stereocenters. The molecule has 0 saturated heterocycles. The van der Waals surface area contributed by atoms with Gasteiger partial charge in [-0.1, -0.05) is 19.6 Å². The normalized spacial score (nSPS) is 19.3. The number of aromatic amines is 1. The zero-order valence-corrected chi connectivity index (χ0v) is 21.7. The lowest BCUT2D eigenvalue weighted by atomic mass is 9.80. The van der Waals surface area contributed by atoms with Crippen LogP contribution in [0, 0.1) is 0 Å². The van der Waals surface area contributed by atoms with Gasteiger partial charge in [-0.3, -0.25) is 4.79 Å². The molecule has 1 atom stereocenters. The Balaban J connectivity index is 1.59. The molecule has 7 nitrogen and oxygen atoms in total. The van der Waals surface area contributed by atoms with Crippen LogP contribution < -0.4 is 10.5 Å². The molecule has 1 N–H and O–H groups in total. The van der Waals surface area contributed by atoms with Gasteiger partial charge < -0.3 is 19.4 Å². The van der Waals surface area contributed by atoms with Gasteiger partial charge in [0.1, 0.15) is 18.1 Å². The van der Waals surface area contributed by atoms with E-state index in [0.29, 0.717) is 13.2 Å². The van der Waals surface area contributed by atoms with Gasteiger partial charge in [0.05, 0.1) is 6.61 Å².